The fourth-order valence-corrected chi connectivity index (χ4v) is 2.26. The van der Waals surface area contributed by atoms with E-state index in [0.29, 0.717) is 6.42 Å². The van der Waals surface area contributed by atoms with Gasteiger partial charge in [-0.25, -0.2) is 0 Å². The van der Waals surface area contributed by atoms with E-state index in [1.165, 1.54) is 0 Å². The number of hydrogen-bond acceptors (Lipinski definition) is 3. The maximum atomic E-state index is 11.3. The first kappa shape index (κ1) is 11.0. The second-order valence-corrected chi connectivity index (χ2v) is 4.61. The first-order chi connectivity index (χ1) is 8.63. The number of amides is 1. The maximum absolute atomic E-state index is 11.3. The highest BCUT2D eigenvalue weighted by Crippen LogP contribution is 2.28. The van der Waals surface area contributed by atoms with Crippen molar-refractivity contribution in [3.05, 3.63) is 53.0 Å². The van der Waals surface area contributed by atoms with Gasteiger partial charge >= 0.3 is 0 Å². The van der Waals surface area contributed by atoms with Gasteiger partial charge in [0, 0.05) is 11.3 Å². The summed E-state index contributed by atoms with van der Waals surface area (Å²) in [7, 11) is 0. The molecule has 1 aromatic heterocycles. The molecule has 1 aromatic carbocycles. The molecule has 1 unspecified atom stereocenters. The highest BCUT2D eigenvalue weighted by molar-refractivity contribution is 5.99. The molecular formula is C14H14N2O2. The lowest BCUT2D eigenvalue weighted by molar-refractivity contribution is -0.115. The molecule has 2 heterocycles. The number of nitrogens with one attached hydrogen (secondary N) is 1. The Labute approximate surface area is 105 Å². The van der Waals surface area contributed by atoms with Crippen molar-refractivity contribution in [2.24, 2.45) is 5.73 Å². The molecule has 1 aliphatic rings. The highest BCUT2D eigenvalue weighted by Gasteiger charge is 2.19. The molecule has 4 nitrogen and oxygen atoms in total. The van der Waals surface area contributed by atoms with Crippen LogP contribution in [-0.2, 0) is 11.2 Å². The second-order valence-electron chi connectivity index (χ2n) is 4.61. The molecular weight excluding hydrogens is 228 g/mol. The van der Waals surface area contributed by atoms with E-state index in [9.17, 15) is 4.79 Å². The Morgan fingerprint density at radius 2 is 2.17 bits per heavy atom. The number of aryl methyl sites for hydroxylation is 1. The molecule has 0 bridgehead atoms. The number of carbonyl (C=O) groups excluding carboxylic acids is 1. The van der Waals surface area contributed by atoms with Crippen molar-refractivity contribution in [2.45, 2.75) is 19.4 Å². The van der Waals surface area contributed by atoms with Gasteiger partial charge in [0.15, 0.2) is 0 Å². The summed E-state index contributed by atoms with van der Waals surface area (Å²) in [5.74, 6) is 0.883. The Balaban J connectivity index is 1.94. The van der Waals surface area contributed by atoms with Gasteiger partial charge in [0.1, 0.15) is 5.76 Å². The molecule has 1 atom stereocenters. The van der Waals surface area contributed by atoms with Crippen molar-refractivity contribution in [1.29, 1.82) is 0 Å². The Kier molecular flexibility index (Phi) is 2.45. The Morgan fingerprint density at radius 3 is 2.89 bits per heavy atom. The van der Waals surface area contributed by atoms with Crippen LogP contribution in [0.3, 0.4) is 0 Å². The van der Waals surface area contributed by atoms with Gasteiger partial charge in [-0.15, -0.1) is 0 Å². The predicted octanol–water partition coefficient (Wildman–Crippen LogP) is 2.13. The fraction of sp³-hybridized carbons (Fsp3) is 0.214. The third-order valence-corrected chi connectivity index (χ3v) is 3.22. The summed E-state index contributed by atoms with van der Waals surface area (Å²) in [6, 6.07) is 7.55. The van der Waals surface area contributed by atoms with Crippen molar-refractivity contribution >= 4 is 11.6 Å². The molecule has 0 saturated carbocycles. The Bertz CT molecular complexity index is 616. The van der Waals surface area contributed by atoms with Gasteiger partial charge in [0.25, 0.3) is 0 Å². The summed E-state index contributed by atoms with van der Waals surface area (Å²) >= 11 is 0. The summed E-state index contributed by atoms with van der Waals surface area (Å²) in [5, 5.41) is 2.81. The number of rotatable bonds is 2. The zero-order valence-corrected chi connectivity index (χ0v) is 10.1. The lowest BCUT2D eigenvalue weighted by atomic mass is 9.99. The third-order valence-electron chi connectivity index (χ3n) is 3.22. The zero-order valence-electron chi connectivity index (χ0n) is 10.1. The molecule has 3 rings (SSSR count). The quantitative estimate of drug-likeness (QED) is 0.847. The molecule has 1 amide bonds. The first-order valence-corrected chi connectivity index (χ1v) is 5.87. The molecule has 0 spiro atoms. The van der Waals surface area contributed by atoms with Crippen LogP contribution < -0.4 is 11.1 Å². The van der Waals surface area contributed by atoms with Gasteiger partial charge in [0.05, 0.1) is 18.7 Å². The fourth-order valence-electron chi connectivity index (χ4n) is 2.26. The summed E-state index contributed by atoms with van der Waals surface area (Å²) in [5.41, 5.74) is 10.0. The number of furan rings is 1. The van der Waals surface area contributed by atoms with E-state index in [1.807, 2.05) is 31.2 Å². The van der Waals surface area contributed by atoms with Crippen LogP contribution in [0.2, 0.25) is 0 Å². The Morgan fingerprint density at radius 1 is 1.33 bits per heavy atom. The summed E-state index contributed by atoms with van der Waals surface area (Å²) in [4.78, 5) is 11.3. The van der Waals surface area contributed by atoms with Crippen LogP contribution in [0.25, 0.3) is 0 Å². The first-order valence-electron chi connectivity index (χ1n) is 5.87. The van der Waals surface area contributed by atoms with E-state index in [-0.39, 0.29) is 11.9 Å². The molecule has 3 N–H and O–H groups in total. The lowest BCUT2D eigenvalue weighted by Crippen LogP contribution is -2.11. The standard InChI is InChI=1S/C14H14N2O2/c1-8-4-11(7-18-8)14(15)9-2-3-12-10(5-9)6-13(17)16-12/h2-5,7,14H,6,15H2,1H3,(H,16,17). The van der Waals surface area contributed by atoms with Gasteiger partial charge in [-0.05, 0) is 30.2 Å². The van der Waals surface area contributed by atoms with Gasteiger partial charge in [-0.1, -0.05) is 12.1 Å². The van der Waals surface area contributed by atoms with E-state index in [4.69, 9.17) is 10.2 Å². The SMILES string of the molecule is Cc1cc(C(N)c2ccc3c(c2)CC(=O)N3)co1. The number of fused-ring (bicyclic) bond motifs is 1. The van der Waals surface area contributed by atoms with Crippen LogP contribution in [0.4, 0.5) is 5.69 Å². The van der Waals surface area contributed by atoms with E-state index in [1.54, 1.807) is 6.26 Å². The van der Waals surface area contributed by atoms with Crippen molar-refractivity contribution in [3.8, 4) is 0 Å². The van der Waals surface area contributed by atoms with Gasteiger partial charge in [0.2, 0.25) is 5.91 Å². The molecule has 1 aliphatic heterocycles. The molecule has 4 heteroatoms. The number of hydrogen-bond donors (Lipinski definition) is 2. The van der Waals surface area contributed by atoms with Gasteiger partial charge in [-0.3, -0.25) is 4.79 Å². The van der Waals surface area contributed by atoms with Crippen molar-refractivity contribution < 1.29 is 9.21 Å². The number of anilines is 1. The molecule has 0 fully saturated rings. The second kappa shape index (κ2) is 3.99. The summed E-state index contributed by atoms with van der Waals surface area (Å²) in [6.07, 6.45) is 2.11. The van der Waals surface area contributed by atoms with Crippen LogP contribution in [0.1, 0.15) is 28.5 Å². The maximum Gasteiger partial charge on any atom is 0.228 e. The number of carbonyl (C=O) groups is 1. The third kappa shape index (κ3) is 1.80. The van der Waals surface area contributed by atoms with Crippen molar-refractivity contribution in [3.63, 3.8) is 0 Å². The topological polar surface area (TPSA) is 68.3 Å². The molecule has 18 heavy (non-hydrogen) atoms. The summed E-state index contributed by atoms with van der Waals surface area (Å²) in [6.45, 7) is 1.89. The van der Waals surface area contributed by atoms with E-state index < -0.39 is 0 Å². The Hall–Kier alpha value is -2.07. The van der Waals surface area contributed by atoms with Crippen LogP contribution in [0.15, 0.2) is 34.9 Å². The monoisotopic (exact) mass is 242 g/mol. The smallest absolute Gasteiger partial charge is 0.228 e. The van der Waals surface area contributed by atoms with Crippen LogP contribution >= 0.6 is 0 Å². The van der Waals surface area contributed by atoms with Crippen molar-refractivity contribution in [1.82, 2.24) is 0 Å². The zero-order chi connectivity index (χ0) is 12.7. The molecule has 0 radical (unpaired) electrons. The normalized spacial score (nSPS) is 15.3. The van der Waals surface area contributed by atoms with Gasteiger partial charge < -0.3 is 15.5 Å². The van der Waals surface area contributed by atoms with E-state index in [0.717, 1.165) is 28.1 Å². The number of benzene rings is 1. The minimum Gasteiger partial charge on any atom is -0.469 e. The average molecular weight is 242 g/mol. The minimum atomic E-state index is -0.219. The molecule has 92 valence electrons. The van der Waals surface area contributed by atoms with Crippen LogP contribution in [0.5, 0.6) is 0 Å². The molecule has 0 saturated heterocycles. The minimum absolute atomic E-state index is 0.0369. The average Bonchev–Trinajstić information content (AvgIpc) is 2.92. The van der Waals surface area contributed by atoms with Crippen LogP contribution in [0, 0.1) is 6.92 Å². The predicted molar refractivity (Wildman–Crippen MR) is 68.3 cm³/mol. The number of nitrogens with two attached hydrogens (primary N) is 1. The highest BCUT2D eigenvalue weighted by atomic mass is 16.3. The van der Waals surface area contributed by atoms with E-state index >= 15 is 0 Å². The van der Waals surface area contributed by atoms with Crippen LogP contribution in [-0.4, -0.2) is 5.91 Å². The molecule has 2 aromatic rings. The van der Waals surface area contributed by atoms with Gasteiger partial charge in [-0.2, -0.15) is 0 Å². The largest absolute Gasteiger partial charge is 0.469 e. The molecule has 0 aliphatic carbocycles. The summed E-state index contributed by atoms with van der Waals surface area (Å²) < 4.78 is 5.27. The van der Waals surface area contributed by atoms with E-state index in [2.05, 4.69) is 5.32 Å². The van der Waals surface area contributed by atoms with Crippen molar-refractivity contribution in [2.75, 3.05) is 5.32 Å². The lowest BCUT2D eigenvalue weighted by Gasteiger charge is -2.11.